The van der Waals surface area contributed by atoms with Crippen LogP contribution >= 0.6 is 23.4 Å². The zero-order chi connectivity index (χ0) is 15.8. The Kier molecular flexibility index (Phi) is 6.81. The Bertz CT molecular complexity index is 595. The number of benzene rings is 2. The Morgan fingerprint density at radius 2 is 1.77 bits per heavy atom. The lowest BCUT2D eigenvalue weighted by Crippen LogP contribution is -2.24. The van der Waals surface area contributed by atoms with Crippen LogP contribution in [0.2, 0.25) is 5.02 Å². The van der Waals surface area contributed by atoms with Crippen molar-refractivity contribution in [3.05, 3.63) is 64.7 Å². The molecule has 0 aliphatic carbocycles. The number of amides is 1. The molecule has 0 saturated carbocycles. The van der Waals surface area contributed by atoms with Crippen LogP contribution in [0.5, 0.6) is 0 Å². The van der Waals surface area contributed by atoms with Gasteiger partial charge in [0.1, 0.15) is 0 Å². The average Bonchev–Trinajstić information content (AvgIpc) is 2.55. The monoisotopic (exact) mass is 333 g/mol. The van der Waals surface area contributed by atoms with E-state index in [1.807, 2.05) is 48.5 Å². The van der Waals surface area contributed by atoms with Crippen molar-refractivity contribution in [2.75, 3.05) is 6.54 Å². The Morgan fingerprint density at radius 1 is 1.09 bits per heavy atom. The number of hydrogen-bond donors (Lipinski definition) is 1. The third-order valence-corrected chi connectivity index (χ3v) is 4.59. The molecule has 2 rings (SSSR count). The highest BCUT2D eigenvalue weighted by atomic mass is 35.5. The third-order valence-electron chi connectivity index (χ3n) is 3.25. The first-order chi connectivity index (χ1) is 10.7. The number of unbranched alkanes of at least 4 members (excludes halogenated alkanes) is 1. The largest absolute Gasteiger partial charge is 0.352 e. The molecule has 0 bridgehead atoms. The number of rotatable bonds is 7. The van der Waals surface area contributed by atoms with E-state index in [1.165, 1.54) is 10.5 Å². The smallest absolute Gasteiger partial charge is 0.251 e. The molecular weight excluding hydrogens is 314 g/mol. The van der Waals surface area contributed by atoms with E-state index >= 15 is 0 Å². The van der Waals surface area contributed by atoms with Crippen LogP contribution in [0.3, 0.4) is 0 Å². The average molecular weight is 334 g/mol. The molecule has 0 heterocycles. The zero-order valence-electron chi connectivity index (χ0n) is 12.6. The normalized spacial score (nSPS) is 10.5. The lowest BCUT2D eigenvalue weighted by molar-refractivity contribution is 0.0953. The molecule has 2 nitrogen and oxygen atoms in total. The molecule has 0 aliphatic heterocycles. The molecule has 0 atom stereocenters. The predicted octanol–water partition coefficient (Wildman–Crippen LogP) is 5.16. The molecule has 4 heteroatoms. The van der Waals surface area contributed by atoms with E-state index in [2.05, 4.69) is 12.2 Å². The fourth-order valence-electron chi connectivity index (χ4n) is 1.93. The number of carbonyl (C=O) groups is 1. The van der Waals surface area contributed by atoms with Crippen LogP contribution in [0.25, 0.3) is 0 Å². The van der Waals surface area contributed by atoms with Crippen molar-refractivity contribution in [1.29, 1.82) is 0 Å². The van der Waals surface area contributed by atoms with Gasteiger partial charge in [0, 0.05) is 27.8 Å². The summed E-state index contributed by atoms with van der Waals surface area (Å²) in [6, 6.07) is 15.6. The minimum atomic E-state index is 0.00496. The van der Waals surface area contributed by atoms with Gasteiger partial charge in [-0.25, -0.2) is 0 Å². The van der Waals surface area contributed by atoms with Gasteiger partial charge in [0.05, 0.1) is 0 Å². The van der Waals surface area contributed by atoms with Crippen molar-refractivity contribution in [3.8, 4) is 0 Å². The van der Waals surface area contributed by atoms with Crippen LogP contribution in [0.15, 0.2) is 53.4 Å². The summed E-state index contributed by atoms with van der Waals surface area (Å²) in [7, 11) is 0. The molecule has 0 radical (unpaired) electrons. The first-order valence-corrected chi connectivity index (χ1v) is 8.81. The van der Waals surface area contributed by atoms with Crippen molar-refractivity contribution in [1.82, 2.24) is 5.32 Å². The highest BCUT2D eigenvalue weighted by molar-refractivity contribution is 7.98. The maximum Gasteiger partial charge on any atom is 0.251 e. The van der Waals surface area contributed by atoms with E-state index in [0.29, 0.717) is 0 Å². The second-order valence-corrected chi connectivity index (χ2v) is 6.53. The maximum atomic E-state index is 11.9. The summed E-state index contributed by atoms with van der Waals surface area (Å²) in [4.78, 5) is 13.1. The summed E-state index contributed by atoms with van der Waals surface area (Å²) >= 11 is 7.63. The third kappa shape index (κ3) is 5.39. The maximum absolute atomic E-state index is 11.9. The van der Waals surface area contributed by atoms with Gasteiger partial charge in [-0.2, -0.15) is 0 Å². The van der Waals surface area contributed by atoms with Crippen LogP contribution in [0.1, 0.15) is 35.7 Å². The van der Waals surface area contributed by atoms with Crippen molar-refractivity contribution in [2.45, 2.75) is 30.4 Å². The molecule has 1 amide bonds. The molecule has 2 aromatic carbocycles. The molecule has 0 fully saturated rings. The van der Waals surface area contributed by atoms with E-state index in [9.17, 15) is 4.79 Å². The van der Waals surface area contributed by atoms with Crippen LogP contribution in [0.4, 0.5) is 0 Å². The standard InChI is InChI=1S/C18H20ClNOS/c1-2-3-12-20-18(21)15-6-4-14(5-7-15)13-22-17-10-8-16(19)9-11-17/h4-11H,2-3,12-13H2,1H3,(H,20,21). The van der Waals surface area contributed by atoms with Crippen LogP contribution in [0, 0.1) is 0 Å². The lowest BCUT2D eigenvalue weighted by atomic mass is 10.1. The van der Waals surface area contributed by atoms with Crippen molar-refractivity contribution < 1.29 is 4.79 Å². The Labute approximate surface area is 141 Å². The Balaban J connectivity index is 1.86. The Morgan fingerprint density at radius 3 is 2.41 bits per heavy atom. The molecule has 1 N–H and O–H groups in total. The van der Waals surface area contributed by atoms with Crippen molar-refractivity contribution in [3.63, 3.8) is 0 Å². The summed E-state index contributed by atoms with van der Waals surface area (Å²) in [5, 5.41) is 3.68. The summed E-state index contributed by atoms with van der Waals surface area (Å²) in [5.41, 5.74) is 1.92. The molecular formula is C18H20ClNOS. The molecule has 0 aliphatic rings. The molecule has 0 unspecified atom stereocenters. The second-order valence-electron chi connectivity index (χ2n) is 5.05. The number of carbonyl (C=O) groups excluding carboxylic acids is 1. The van der Waals surface area contributed by atoms with Gasteiger partial charge in [0.2, 0.25) is 0 Å². The molecule has 0 aromatic heterocycles. The quantitative estimate of drug-likeness (QED) is 0.560. The predicted molar refractivity (Wildman–Crippen MR) is 94.7 cm³/mol. The fourth-order valence-corrected chi connectivity index (χ4v) is 2.91. The Hall–Kier alpha value is -1.45. The van der Waals surface area contributed by atoms with E-state index in [1.54, 1.807) is 11.8 Å². The van der Waals surface area contributed by atoms with Gasteiger partial charge in [-0.1, -0.05) is 37.1 Å². The van der Waals surface area contributed by atoms with Gasteiger partial charge < -0.3 is 5.32 Å². The van der Waals surface area contributed by atoms with Gasteiger partial charge in [-0.15, -0.1) is 11.8 Å². The number of nitrogens with one attached hydrogen (secondary N) is 1. The fraction of sp³-hybridized carbons (Fsp3) is 0.278. The number of halogens is 1. The summed E-state index contributed by atoms with van der Waals surface area (Å²) in [6.07, 6.45) is 2.10. The number of hydrogen-bond acceptors (Lipinski definition) is 2. The SMILES string of the molecule is CCCCNC(=O)c1ccc(CSc2ccc(Cl)cc2)cc1. The van der Waals surface area contributed by atoms with Gasteiger partial charge in [-0.05, 0) is 48.4 Å². The van der Waals surface area contributed by atoms with Gasteiger partial charge in [-0.3, -0.25) is 4.79 Å². The highest BCUT2D eigenvalue weighted by Crippen LogP contribution is 2.24. The topological polar surface area (TPSA) is 29.1 Å². The number of thioether (sulfide) groups is 1. The minimum absolute atomic E-state index is 0.00496. The molecule has 0 spiro atoms. The van der Waals surface area contributed by atoms with E-state index < -0.39 is 0 Å². The summed E-state index contributed by atoms with van der Waals surface area (Å²) in [5.74, 6) is 0.879. The van der Waals surface area contributed by atoms with Gasteiger partial charge in [0.15, 0.2) is 0 Å². The van der Waals surface area contributed by atoms with E-state index in [-0.39, 0.29) is 5.91 Å². The molecule has 22 heavy (non-hydrogen) atoms. The van der Waals surface area contributed by atoms with Crippen molar-refractivity contribution >= 4 is 29.3 Å². The van der Waals surface area contributed by atoms with Crippen LogP contribution in [-0.4, -0.2) is 12.5 Å². The van der Waals surface area contributed by atoms with Crippen LogP contribution < -0.4 is 5.32 Å². The molecule has 0 saturated heterocycles. The van der Waals surface area contributed by atoms with Gasteiger partial charge >= 0.3 is 0 Å². The van der Waals surface area contributed by atoms with Crippen LogP contribution in [-0.2, 0) is 5.75 Å². The lowest BCUT2D eigenvalue weighted by Gasteiger charge is -2.06. The van der Waals surface area contributed by atoms with E-state index in [0.717, 1.165) is 35.7 Å². The van der Waals surface area contributed by atoms with E-state index in [4.69, 9.17) is 11.6 Å². The zero-order valence-corrected chi connectivity index (χ0v) is 14.2. The van der Waals surface area contributed by atoms with Gasteiger partial charge in [0.25, 0.3) is 5.91 Å². The first-order valence-electron chi connectivity index (χ1n) is 7.44. The molecule has 116 valence electrons. The summed E-state index contributed by atoms with van der Waals surface area (Å²) in [6.45, 7) is 2.85. The summed E-state index contributed by atoms with van der Waals surface area (Å²) < 4.78 is 0. The first kappa shape index (κ1) is 16.9. The molecule has 2 aromatic rings. The second kappa shape index (κ2) is 8.86. The highest BCUT2D eigenvalue weighted by Gasteiger charge is 2.04. The van der Waals surface area contributed by atoms with Crippen molar-refractivity contribution in [2.24, 2.45) is 0 Å². The minimum Gasteiger partial charge on any atom is -0.352 e.